The van der Waals surface area contributed by atoms with Crippen LogP contribution in [0.4, 0.5) is 24.8 Å². The lowest BCUT2D eigenvalue weighted by atomic mass is 9.71. The lowest BCUT2D eigenvalue weighted by Crippen LogP contribution is -2.23. The SMILES string of the molecule is Cc1cc(Nc2nccc(C(F)(F)F)n2)cc(-c2cnc(C3CC4(CC4)CC4(CC4)C3)s2)c1. The van der Waals surface area contributed by atoms with Crippen molar-refractivity contribution in [3.63, 3.8) is 0 Å². The molecule has 33 heavy (non-hydrogen) atoms. The predicted octanol–water partition coefficient (Wildman–Crippen LogP) is 7.50. The van der Waals surface area contributed by atoms with Crippen molar-refractivity contribution in [1.29, 1.82) is 0 Å². The number of aryl methyl sites for hydroxylation is 1. The van der Waals surface area contributed by atoms with Crippen LogP contribution in [0.25, 0.3) is 10.4 Å². The largest absolute Gasteiger partial charge is 0.433 e. The summed E-state index contributed by atoms with van der Waals surface area (Å²) in [6.07, 6.45) is 8.07. The molecule has 1 aromatic carbocycles. The third-order valence-corrected chi connectivity index (χ3v) is 8.67. The molecule has 0 aliphatic heterocycles. The summed E-state index contributed by atoms with van der Waals surface area (Å²) >= 11 is 1.76. The topological polar surface area (TPSA) is 50.7 Å². The quantitative estimate of drug-likeness (QED) is 0.429. The zero-order chi connectivity index (χ0) is 22.8. The van der Waals surface area contributed by atoms with Crippen molar-refractivity contribution in [2.75, 3.05) is 5.32 Å². The number of nitrogens with zero attached hydrogens (tertiary/aromatic N) is 3. The minimum atomic E-state index is -4.51. The molecule has 6 rings (SSSR count). The van der Waals surface area contributed by atoms with E-state index in [0.717, 1.165) is 28.3 Å². The van der Waals surface area contributed by atoms with Crippen molar-refractivity contribution in [3.05, 3.63) is 52.9 Å². The lowest BCUT2D eigenvalue weighted by Gasteiger charge is -2.34. The van der Waals surface area contributed by atoms with Crippen LogP contribution in [0.5, 0.6) is 0 Å². The fourth-order valence-corrected chi connectivity index (χ4v) is 6.67. The number of rotatable bonds is 4. The number of hydrogen-bond donors (Lipinski definition) is 1. The number of thiazole rings is 1. The molecule has 0 bridgehead atoms. The summed E-state index contributed by atoms with van der Waals surface area (Å²) in [7, 11) is 0. The molecule has 3 saturated carbocycles. The molecule has 0 saturated heterocycles. The van der Waals surface area contributed by atoms with Gasteiger partial charge in [0.05, 0.1) is 9.88 Å². The lowest BCUT2D eigenvalue weighted by molar-refractivity contribution is -0.141. The van der Waals surface area contributed by atoms with Crippen molar-refractivity contribution in [2.24, 2.45) is 10.8 Å². The number of benzene rings is 1. The van der Waals surface area contributed by atoms with Gasteiger partial charge in [-0.15, -0.1) is 11.3 Å². The number of aromatic nitrogens is 3. The highest BCUT2D eigenvalue weighted by Gasteiger charge is 2.59. The standard InChI is InChI=1S/C25H25F3N4S/c1-15-8-16(10-18(9-15)31-22-29-7-2-20(32-22)25(26,27)28)19-13-30-21(33-19)17-11-23(3-4-23)14-24(12-17)5-6-24/h2,7-10,13,17H,3-6,11-12,14H2,1H3,(H,29,31,32). The normalized spacial score (nSPS) is 22.5. The third kappa shape index (κ3) is 4.25. The Balaban J connectivity index is 1.24. The number of alkyl halides is 3. The Morgan fingerprint density at radius 3 is 2.42 bits per heavy atom. The van der Waals surface area contributed by atoms with Gasteiger partial charge in [0.1, 0.15) is 5.69 Å². The van der Waals surface area contributed by atoms with E-state index in [1.54, 1.807) is 11.3 Å². The minimum Gasteiger partial charge on any atom is -0.324 e. The van der Waals surface area contributed by atoms with Gasteiger partial charge in [0, 0.05) is 24.0 Å². The molecule has 2 heterocycles. The monoisotopic (exact) mass is 470 g/mol. The Hall–Kier alpha value is -2.48. The Kier molecular flexibility index (Phi) is 4.64. The fourth-order valence-electron chi connectivity index (χ4n) is 5.66. The van der Waals surface area contributed by atoms with Gasteiger partial charge in [0.2, 0.25) is 5.95 Å². The van der Waals surface area contributed by atoms with Gasteiger partial charge < -0.3 is 5.32 Å². The van der Waals surface area contributed by atoms with Gasteiger partial charge in [0.25, 0.3) is 0 Å². The Morgan fingerprint density at radius 1 is 1.03 bits per heavy atom. The van der Waals surface area contributed by atoms with E-state index in [9.17, 15) is 13.2 Å². The van der Waals surface area contributed by atoms with Gasteiger partial charge in [-0.3, -0.25) is 0 Å². The van der Waals surface area contributed by atoms with Crippen LogP contribution >= 0.6 is 11.3 Å². The summed E-state index contributed by atoms with van der Waals surface area (Å²) in [6.45, 7) is 1.97. The van der Waals surface area contributed by atoms with Crippen LogP contribution in [0.3, 0.4) is 0 Å². The van der Waals surface area contributed by atoms with E-state index in [-0.39, 0.29) is 5.95 Å². The van der Waals surface area contributed by atoms with E-state index in [4.69, 9.17) is 4.98 Å². The van der Waals surface area contributed by atoms with E-state index in [2.05, 4.69) is 21.4 Å². The molecule has 3 aliphatic rings. The Morgan fingerprint density at radius 2 is 1.76 bits per heavy atom. The van der Waals surface area contributed by atoms with Crippen molar-refractivity contribution >= 4 is 23.0 Å². The van der Waals surface area contributed by atoms with Crippen LogP contribution in [0.2, 0.25) is 0 Å². The maximum atomic E-state index is 13.0. The van der Waals surface area contributed by atoms with Gasteiger partial charge in [-0.25, -0.2) is 15.0 Å². The minimum absolute atomic E-state index is 0.0713. The highest BCUT2D eigenvalue weighted by Crippen LogP contribution is 2.71. The average molecular weight is 471 g/mol. The van der Waals surface area contributed by atoms with Crippen LogP contribution < -0.4 is 5.32 Å². The summed E-state index contributed by atoms with van der Waals surface area (Å²) in [5, 5.41) is 4.17. The highest BCUT2D eigenvalue weighted by molar-refractivity contribution is 7.15. The average Bonchev–Trinajstić information content (AvgIpc) is 3.62. The van der Waals surface area contributed by atoms with Crippen molar-refractivity contribution < 1.29 is 13.2 Å². The van der Waals surface area contributed by atoms with E-state index < -0.39 is 11.9 Å². The van der Waals surface area contributed by atoms with Crippen molar-refractivity contribution in [2.45, 2.75) is 64.0 Å². The molecule has 0 atom stereocenters. The first-order valence-corrected chi connectivity index (χ1v) is 12.3. The van der Waals surface area contributed by atoms with Crippen molar-refractivity contribution in [1.82, 2.24) is 15.0 Å². The van der Waals surface area contributed by atoms with Gasteiger partial charge in [-0.1, -0.05) is 6.07 Å². The number of halogens is 3. The van der Waals surface area contributed by atoms with E-state index >= 15 is 0 Å². The fraction of sp³-hybridized carbons (Fsp3) is 0.480. The van der Waals surface area contributed by atoms with Gasteiger partial charge in [-0.05, 0) is 92.0 Å². The summed E-state index contributed by atoms with van der Waals surface area (Å²) in [5.41, 5.74) is 2.89. The zero-order valence-corrected chi connectivity index (χ0v) is 19.2. The van der Waals surface area contributed by atoms with Crippen molar-refractivity contribution in [3.8, 4) is 10.4 Å². The summed E-state index contributed by atoms with van der Waals surface area (Å²) < 4.78 is 39.0. The molecule has 3 aromatic rings. The molecule has 3 aliphatic carbocycles. The predicted molar refractivity (Wildman–Crippen MR) is 123 cm³/mol. The molecule has 2 spiro atoms. The molecule has 2 aromatic heterocycles. The molecular formula is C25H25F3N4S. The number of anilines is 2. The van der Waals surface area contributed by atoms with Gasteiger partial charge in [-0.2, -0.15) is 13.2 Å². The van der Waals surface area contributed by atoms with Crippen LogP contribution in [0.15, 0.2) is 36.7 Å². The van der Waals surface area contributed by atoms with Crippen LogP contribution in [0.1, 0.15) is 67.1 Å². The third-order valence-electron chi connectivity index (χ3n) is 7.46. The maximum absolute atomic E-state index is 13.0. The maximum Gasteiger partial charge on any atom is 0.433 e. The van der Waals surface area contributed by atoms with Crippen LogP contribution in [-0.2, 0) is 6.18 Å². The molecular weight excluding hydrogens is 445 g/mol. The Labute approximate surface area is 194 Å². The van der Waals surface area contributed by atoms with E-state index in [1.165, 1.54) is 50.0 Å². The molecule has 4 nitrogen and oxygen atoms in total. The smallest absolute Gasteiger partial charge is 0.324 e. The summed E-state index contributed by atoms with van der Waals surface area (Å²) in [6, 6.07) is 6.76. The van der Waals surface area contributed by atoms with Crippen LogP contribution in [0, 0.1) is 17.8 Å². The molecule has 172 valence electrons. The van der Waals surface area contributed by atoms with E-state index in [1.807, 2.05) is 25.3 Å². The Bertz CT molecular complexity index is 1190. The zero-order valence-electron chi connectivity index (χ0n) is 18.4. The highest BCUT2D eigenvalue weighted by atomic mass is 32.1. The van der Waals surface area contributed by atoms with Gasteiger partial charge in [0.15, 0.2) is 0 Å². The van der Waals surface area contributed by atoms with E-state index in [0.29, 0.717) is 22.4 Å². The molecule has 1 N–H and O–H groups in total. The molecule has 0 unspecified atom stereocenters. The molecule has 3 fully saturated rings. The first kappa shape index (κ1) is 21.1. The number of hydrogen-bond acceptors (Lipinski definition) is 5. The molecule has 0 radical (unpaired) electrons. The number of nitrogens with one attached hydrogen (secondary N) is 1. The first-order valence-electron chi connectivity index (χ1n) is 11.5. The molecule has 8 heteroatoms. The van der Waals surface area contributed by atoms with Gasteiger partial charge >= 0.3 is 6.18 Å². The molecule has 0 amide bonds. The second kappa shape index (κ2) is 7.26. The second-order valence-corrected chi connectivity index (χ2v) is 11.4. The second-order valence-electron chi connectivity index (χ2n) is 10.3. The first-order chi connectivity index (χ1) is 15.7. The summed E-state index contributed by atoms with van der Waals surface area (Å²) in [4.78, 5) is 13.5. The van der Waals surface area contributed by atoms with Crippen LogP contribution in [-0.4, -0.2) is 15.0 Å². The summed E-state index contributed by atoms with van der Waals surface area (Å²) in [5.74, 6) is 0.487.